The van der Waals surface area contributed by atoms with Gasteiger partial charge in [-0.25, -0.2) is 0 Å². The van der Waals surface area contributed by atoms with Gasteiger partial charge in [-0.05, 0) is 50.6 Å². The van der Waals surface area contributed by atoms with E-state index in [9.17, 15) is 10.1 Å². The summed E-state index contributed by atoms with van der Waals surface area (Å²) in [5.41, 5.74) is 1.92. The van der Waals surface area contributed by atoms with E-state index in [2.05, 4.69) is 5.32 Å². The molecule has 0 unspecified atom stereocenters. The number of benzene rings is 2. The van der Waals surface area contributed by atoms with Gasteiger partial charge < -0.3 is 14.8 Å². The zero-order valence-electron chi connectivity index (χ0n) is 15.7. The Labute approximate surface area is 164 Å². The van der Waals surface area contributed by atoms with Crippen LogP contribution in [0.3, 0.4) is 0 Å². The number of anilines is 1. The van der Waals surface area contributed by atoms with Crippen LogP contribution >= 0.6 is 11.6 Å². The van der Waals surface area contributed by atoms with Gasteiger partial charge in [-0.2, -0.15) is 5.26 Å². The number of methoxy groups -OCH3 is 1. The third-order valence-corrected chi connectivity index (χ3v) is 3.93. The van der Waals surface area contributed by atoms with Crippen LogP contribution < -0.4 is 14.8 Å². The summed E-state index contributed by atoms with van der Waals surface area (Å²) in [5, 5.41) is 12.7. The van der Waals surface area contributed by atoms with Crippen LogP contribution in [-0.4, -0.2) is 19.1 Å². The molecule has 6 heteroatoms. The van der Waals surface area contributed by atoms with Gasteiger partial charge in [0, 0.05) is 16.3 Å². The van der Waals surface area contributed by atoms with Gasteiger partial charge in [0.25, 0.3) is 5.91 Å². The fourth-order valence-corrected chi connectivity index (χ4v) is 2.56. The molecule has 0 aliphatic rings. The molecule has 0 fully saturated rings. The predicted octanol–water partition coefficient (Wildman–Crippen LogP) is 4.99. The second-order valence-corrected chi connectivity index (χ2v) is 6.56. The zero-order chi connectivity index (χ0) is 20.0. The highest BCUT2D eigenvalue weighted by atomic mass is 35.5. The predicted molar refractivity (Wildman–Crippen MR) is 107 cm³/mol. The summed E-state index contributed by atoms with van der Waals surface area (Å²) in [5.74, 6) is 0.483. The van der Waals surface area contributed by atoms with E-state index in [4.69, 9.17) is 21.1 Å². The van der Waals surface area contributed by atoms with Crippen LogP contribution in [0.2, 0.25) is 5.02 Å². The number of nitrogens with one attached hydrogen (secondary N) is 1. The second-order valence-electron chi connectivity index (χ2n) is 6.13. The lowest BCUT2D eigenvalue weighted by Gasteiger charge is -2.16. The molecule has 0 atom stereocenters. The van der Waals surface area contributed by atoms with Gasteiger partial charge in [0.15, 0.2) is 11.5 Å². The molecule has 0 bridgehead atoms. The van der Waals surface area contributed by atoms with Crippen molar-refractivity contribution in [2.45, 2.75) is 26.9 Å². The summed E-state index contributed by atoms with van der Waals surface area (Å²) in [6.45, 7) is 5.62. The molecule has 5 nitrogen and oxygen atoms in total. The van der Waals surface area contributed by atoms with E-state index < -0.39 is 5.91 Å². The number of halogens is 1. The van der Waals surface area contributed by atoms with Gasteiger partial charge in [0.2, 0.25) is 0 Å². The Morgan fingerprint density at radius 3 is 2.67 bits per heavy atom. The van der Waals surface area contributed by atoms with Crippen molar-refractivity contribution < 1.29 is 14.3 Å². The van der Waals surface area contributed by atoms with Gasteiger partial charge in [0.1, 0.15) is 11.6 Å². The summed E-state index contributed by atoms with van der Waals surface area (Å²) in [7, 11) is 1.54. The van der Waals surface area contributed by atoms with Crippen molar-refractivity contribution in [2.24, 2.45) is 0 Å². The Hall–Kier alpha value is -2.97. The average Bonchev–Trinajstić information content (AvgIpc) is 2.63. The minimum absolute atomic E-state index is 0.0590. The van der Waals surface area contributed by atoms with Crippen LogP contribution in [0.4, 0.5) is 5.69 Å². The topological polar surface area (TPSA) is 71.3 Å². The molecule has 0 spiro atoms. The average molecular weight is 385 g/mol. The maximum absolute atomic E-state index is 12.6. The monoisotopic (exact) mass is 384 g/mol. The van der Waals surface area contributed by atoms with Crippen LogP contribution in [0, 0.1) is 18.3 Å². The van der Waals surface area contributed by atoms with E-state index in [0.717, 1.165) is 5.56 Å². The molecule has 0 saturated carbocycles. The van der Waals surface area contributed by atoms with Crippen molar-refractivity contribution in [3.8, 4) is 17.6 Å². The first-order valence-electron chi connectivity index (χ1n) is 8.38. The number of hydrogen-bond donors (Lipinski definition) is 1. The van der Waals surface area contributed by atoms with E-state index in [1.165, 1.54) is 13.2 Å². The molecular weight excluding hydrogens is 364 g/mol. The van der Waals surface area contributed by atoms with Crippen LogP contribution in [0.5, 0.6) is 11.5 Å². The summed E-state index contributed by atoms with van der Waals surface area (Å²) in [4.78, 5) is 12.6. The molecule has 2 rings (SSSR count). The number of amides is 1. The minimum atomic E-state index is -0.527. The number of para-hydroxylation sites is 1. The minimum Gasteiger partial charge on any atom is -0.493 e. The summed E-state index contributed by atoms with van der Waals surface area (Å²) in [6.07, 6.45) is 1.39. The number of nitriles is 1. The highest BCUT2D eigenvalue weighted by Crippen LogP contribution is 2.33. The number of hydrogen-bond acceptors (Lipinski definition) is 4. The molecule has 0 heterocycles. The third kappa shape index (κ3) is 5.25. The van der Waals surface area contributed by atoms with Crippen LogP contribution in [0.1, 0.15) is 25.0 Å². The summed E-state index contributed by atoms with van der Waals surface area (Å²) in [6, 6.07) is 12.4. The SMILES string of the molecule is COc1cccc(C=C(C#N)C(=O)Nc2cc(Cl)ccc2C)c1OC(C)C. The van der Waals surface area contributed by atoms with Gasteiger partial charge in [-0.15, -0.1) is 0 Å². The fraction of sp³-hybridized carbons (Fsp3) is 0.238. The lowest BCUT2D eigenvalue weighted by molar-refractivity contribution is -0.112. The second kappa shape index (κ2) is 9.11. The molecule has 1 N–H and O–H groups in total. The standard InChI is InChI=1S/C21H21ClN2O3/c1-13(2)27-20-15(6-5-7-19(20)26-4)10-16(12-23)21(25)24-18-11-17(22)9-8-14(18)3/h5-11,13H,1-4H3,(H,24,25). The Morgan fingerprint density at radius 2 is 2.04 bits per heavy atom. The lowest BCUT2D eigenvalue weighted by Crippen LogP contribution is -2.14. The van der Waals surface area contributed by atoms with Crippen molar-refractivity contribution >= 4 is 29.3 Å². The molecular formula is C21H21ClN2O3. The van der Waals surface area contributed by atoms with E-state index in [1.54, 1.807) is 36.4 Å². The normalized spacial score (nSPS) is 11.1. The molecule has 27 heavy (non-hydrogen) atoms. The number of carbonyl (C=O) groups excluding carboxylic acids is 1. The molecule has 2 aromatic rings. The maximum Gasteiger partial charge on any atom is 0.266 e. The first-order valence-corrected chi connectivity index (χ1v) is 8.76. The Balaban J connectivity index is 2.39. The number of carbonyl (C=O) groups is 1. The molecule has 0 aliphatic carbocycles. The summed E-state index contributed by atoms with van der Waals surface area (Å²) >= 11 is 5.98. The van der Waals surface area contributed by atoms with Gasteiger partial charge in [0.05, 0.1) is 13.2 Å². The quantitative estimate of drug-likeness (QED) is 0.562. The van der Waals surface area contributed by atoms with Gasteiger partial charge >= 0.3 is 0 Å². The highest BCUT2D eigenvalue weighted by molar-refractivity contribution is 6.31. The zero-order valence-corrected chi connectivity index (χ0v) is 16.4. The Bertz CT molecular complexity index is 914. The fourth-order valence-electron chi connectivity index (χ4n) is 2.39. The highest BCUT2D eigenvalue weighted by Gasteiger charge is 2.15. The number of nitrogens with zero attached hydrogens (tertiary/aromatic N) is 1. The number of ether oxygens (including phenoxy) is 2. The molecule has 0 saturated heterocycles. The van der Waals surface area contributed by atoms with E-state index in [0.29, 0.717) is 27.8 Å². The molecule has 0 radical (unpaired) electrons. The van der Waals surface area contributed by atoms with Crippen molar-refractivity contribution in [2.75, 3.05) is 12.4 Å². The van der Waals surface area contributed by atoms with Crippen LogP contribution in [0.15, 0.2) is 42.0 Å². The summed E-state index contributed by atoms with van der Waals surface area (Å²) < 4.78 is 11.2. The number of rotatable bonds is 6. The van der Waals surface area contributed by atoms with Gasteiger partial charge in [-0.1, -0.05) is 29.8 Å². The van der Waals surface area contributed by atoms with Crippen LogP contribution in [-0.2, 0) is 4.79 Å². The van der Waals surface area contributed by atoms with Crippen LogP contribution in [0.25, 0.3) is 6.08 Å². The van der Waals surface area contributed by atoms with Crippen molar-refractivity contribution in [1.82, 2.24) is 0 Å². The lowest BCUT2D eigenvalue weighted by atomic mass is 10.1. The maximum atomic E-state index is 12.6. The molecule has 140 valence electrons. The molecule has 1 amide bonds. The molecule has 0 aromatic heterocycles. The van der Waals surface area contributed by atoms with E-state index >= 15 is 0 Å². The number of aryl methyl sites for hydroxylation is 1. The molecule has 2 aromatic carbocycles. The smallest absolute Gasteiger partial charge is 0.266 e. The molecule has 0 aliphatic heterocycles. The van der Waals surface area contributed by atoms with E-state index in [1.807, 2.05) is 26.8 Å². The Kier molecular flexibility index (Phi) is 6.86. The van der Waals surface area contributed by atoms with Crippen molar-refractivity contribution in [3.05, 3.63) is 58.1 Å². The van der Waals surface area contributed by atoms with E-state index in [-0.39, 0.29) is 11.7 Å². The first-order chi connectivity index (χ1) is 12.8. The largest absolute Gasteiger partial charge is 0.493 e. The van der Waals surface area contributed by atoms with Crippen molar-refractivity contribution in [3.63, 3.8) is 0 Å². The third-order valence-electron chi connectivity index (χ3n) is 3.70. The van der Waals surface area contributed by atoms with Crippen molar-refractivity contribution in [1.29, 1.82) is 5.26 Å². The van der Waals surface area contributed by atoms with Gasteiger partial charge in [-0.3, -0.25) is 4.79 Å². The Morgan fingerprint density at radius 1 is 1.30 bits per heavy atom. The first kappa shape index (κ1) is 20.3.